The second-order valence-corrected chi connectivity index (χ2v) is 6.66. The molecule has 0 saturated carbocycles. The summed E-state index contributed by atoms with van der Waals surface area (Å²) in [6.07, 6.45) is 0. The Bertz CT molecular complexity index is 897. The summed E-state index contributed by atoms with van der Waals surface area (Å²) in [7, 11) is 0. The SMILES string of the molecule is c1ccc(Sc2cc(-c3ccccc3)nc(-c3ccccc3)n2)cc1. The molecule has 0 aliphatic heterocycles. The minimum absolute atomic E-state index is 0.750. The van der Waals surface area contributed by atoms with E-state index in [-0.39, 0.29) is 0 Å². The Kier molecular flexibility index (Phi) is 4.57. The van der Waals surface area contributed by atoms with E-state index in [1.807, 2.05) is 66.7 Å². The van der Waals surface area contributed by atoms with Gasteiger partial charge in [-0.25, -0.2) is 9.97 Å². The molecule has 0 atom stereocenters. The highest BCUT2D eigenvalue weighted by molar-refractivity contribution is 7.99. The summed E-state index contributed by atoms with van der Waals surface area (Å²) in [5, 5.41) is 0.943. The minimum atomic E-state index is 0.750. The first-order valence-electron chi connectivity index (χ1n) is 8.11. The minimum Gasteiger partial charge on any atom is -0.228 e. The first kappa shape index (κ1) is 15.6. The predicted molar refractivity (Wildman–Crippen MR) is 103 cm³/mol. The van der Waals surface area contributed by atoms with E-state index in [9.17, 15) is 0 Å². The number of benzene rings is 3. The topological polar surface area (TPSA) is 25.8 Å². The van der Waals surface area contributed by atoms with Crippen LogP contribution in [-0.4, -0.2) is 9.97 Å². The van der Waals surface area contributed by atoms with E-state index in [1.165, 1.54) is 4.90 Å². The van der Waals surface area contributed by atoms with E-state index in [0.717, 1.165) is 27.7 Å². The zero-order valence-electron chi connectivity index (χ0n) is 13.5. The fourth-order valence-corrected chi connectivity index (χ4v) is 3.40. The van der Waals surface area contributed by atoms with Crippen molar-refractivity contribution in [3.05, 3.63) is 97.1 Å². The second-order valence-electron chi connectivity index (χ2n) is 5.56. The van der Waals surface area contributed by atoms with Gasteiger partial charge in [-0.2, -0.15) is 0 Å². The molecule has 0 spiro atoms. The molecule has 2 nitrogen and oxygen atoms in total. The summed E-state index contributed by atoms with van der Waals surface area (Å²) in [5.41, 5.74) is 3.06. The lowest BCUT2D eigenvalue weighted by atomic mass is 10.1. The molecule has 3 heteroatoms. The monoisotopic (exact) mass is 340 g/mol. The Labute approximate surface area is 151 Å². The normalized spacial score (nSPS) is 10.6. The summed E-state index contributed by atoms with van der Waals surface area (Å²) >= 11 is 1.65. The van der Waals surface area contributed by atoms with Crippen molar-refractivity contribution in [3.63, 3.8) is 0 Å². The Hall–Kier alpha value is -2.91. The lowest BCUT2D eigenvalue weighted by Gasteiger charge is -2.08. The van der Waals surface area contributed by atoms with E-state index < -0.39 is 0 Å². The molecule has 0 fully saturated rings. The van der Waals surface area contributed by atoms with Crippen molar-refractivity contribution >= 4 is 11.8 Å². The Morgan fingerprint density at radius 1 is 0.560 bits per heavy atom. The van der Waals surface area contributed by atoms with Crippen LogP contribution < -0.4 is 0 Å². The highest BCUT2D eigenvalue weighted by atomic mass is 32.2. The molecule has 0 unspecified atom stereocenters. The highest BCUT2D eigenvalue weighted by Crippen LogP contribution is 2.30. The zero-order valence-corrected chi connectivity index (χ0v) is 14.4. The van der Waals surface area contributed by atoms with Crippen molar-refractivity contribution in [3.8, 4) is 22.6 Å². The average molecular weight is 340 g/mol. The van der Waals surface area contributed by atoms with Crippen LogP contribution in [0.3, 0.4) is 0 Å². The maximum atomic E-state index is 4.79. The molecule has 0 saturated heterocycles. The third-order valence-corrected chi connectivity index (χ3v) is 4.70. The van der Waals surface area contributed by atoms with Crippen LogP contribution in [0.2, 0.25) is 0 Å². The van der Waals surface area contributed by atoms with Crippen molar-refractivity contribution < 1.29 is 0 Å². The van der Waals surface area contributed by atoms with Crippen molar-refractivity contribution in [1.82, 2.24) is 9.97 Å². The van der Waals surface area contributed by atoms with Gasteiger partial charge in [-0.05, 0) is 18.2 Å². The van der Waals surface area contributed by atoms with Crippen molar-refractivity contribution in [1.29, 1.82) is 0 Å². The Balaban J connectivity index is 1.80. The number of rotatable bonds is 4. The van der Waals surface area contributed by atoms with Crippen molar-refractivity contribution in [2.45, 2.75) is 9.92 Å². The lowest BCUT2D eigenvalue weighted by Crippen LogP contribution is -1.94. The van der Waals surface area contributed by atoms with Gasteiger partial charge in [-0.1, -0.05) is 90.6 Å². The molecule has 0 radical (unpaired) electrons. The van der Waals surface area contributed by atoms with Gasteiger partial charge in [0.25, 0.3) is 0 Å². The molecule has 0 aliphatic carbocycles. The van der Waals surface area contributed by atoms with Crippen molar-refractivity contribution in [2.24, 2.45) is 0 Å². The number of hydrogen-bond donors (Lipinski definition) is 0. The average Bonchev–Trinajstić information content (AvgIpc) is 2.70. The molecular formula is C22H16N2S. The van der Waals surface area contributed by atoms with Crippen LogP contribution in [0.25, 0.3) is 22.6 Å². The molecule has 1 heterocycles. The predicted octanol–water partition coefficient (Wildman–Crippen LogP) is 5.96. The van der Waals surface area contributed by atoms with Gasteiger partial charge in [0.05, 0.1) is 5.69 Å². The van der Waals surface area contributed by atoms with Gasteiger partial charge in [0.2, 0.25) is 0 Å². The maximum Gasteiger partial charge on any atom is 0.161 e. The molecule has 0 aliphatic rings. The van der Waals surface area contributed by atoms with E-state index in [4.69, 9.17) is 9.97 Å². The van der Waals surface area contributed by atoms with Crippen LogP contribution in [0, 0.1) is 0 Å². The summed E-state index contributed by atoms with van der Waals surface area (Å²) in [4.78, 5) is 10.7. The van der Waals surface area contributed by atoms with Crippen LogP contribution in [0.5, 0.6) is 0 Å². The molecule has 120 valence electrons. The van der Waals surface area contributed by atoms with Gasteiger partial charge < -0.3 is 0 Å². The summed E-state index contributed by atoms with van der Waals surface area (Å²) in [6.45, 7) is 0. The first-order valence-corrected chi connectivity index (χ1v) is 8.93. The number of nitrogens with zero attached hydrogens (tertiary/aromatic N) is 2. The quantitative estimate of drug-likeness (QED) is 0.429. The van der Waals surface area contributed by atoms with Crippen LogP contribution >= 0.6 is 11.8 Å². The molecule has 25 heavy (non-hydrogen) atoms. The molecule has 1 aromatic heterocycles. The van der Waals surface area contributed by atoms with Gasteiger partial charge in [0.1, 0.15) is 5.03 Å². The molecular weight excluding hydrogens is 324 g/mol. The third kappa shape index (κ3) is 3.78. The van der Waals surface area contributed by atoms with E-state index in [0.29, 0.717) is 0 Å². The fraction of sp³-hybridized carbons (Fsp3) is 0. The molecule has 4 rings (SSSR count). The largest absolute Gasteiger partial charge is 0.228 e. The third-order valence-electron chi connectivity index (χ3n) is 3.77. The van der Waals surface area contributed by atoms with E-state index in [2.05, 4.69) is 30.3 Å². The lowest BCUT2D eigenvalue weighted by molar-refractivity contribution is 1.06. The molecule has 0 amide bonds. The van der Waals surface area contributed by atoms with Crippen LogP contribution in [-0.2, 0) is 0 Å². The van der Waals surface area contributed by atoms with E-state index in [1.54, 1.807) is 11.8 Å². The second kappa shape index (κ2) is 7.32. The number of aromatic nitrogens is 2. The molecule has 0 bridgehead atoms. The van der Waals surface area contributed by atoms with Gasteiger partial charge in [-0.15, -0.1) is 0 Å². The van der Waals surface area contributed by atoms with Crippen LogP contribution in [0.15, 0.2) is 107 Å². The Morgan fingerprint density at radius 3 is 1.76 bits per heavy atom. The molecule has 4 aromatic rings. The fourth-order valence-electron chi connectivity index (χ4n) is 2.56. The Morgan fingerprint density at radius 2 is 1.12 bits per heavy atom. The van der Waals surface area contributed by atoms with Crippen molar-refractivity contribution in [2.75, 3.05) is 0 Å². The summed E-state index contributed by atoms with van der Waals surface area (Å²) in [6, 6.07) is 32.7. The number of hydrogen-bond acceptors (Lipinski definition) is 3. The van der Waals surface area contributed by atoms with Gasteiger partial charge in [0, 0.05) is 16.0 Å². The van der Waals surface area contributed by atoms with Gasteiger partial charge in [-0.3, -0.25) is 0 Å². The zero-order chi connectivity index (χ0) is 16.9. The molecule has 3 aromatic carbocycles. The standard InChI is InChI=1S/C22H16N2S/c1-4-10-17(11-5-1)20-16-21(25-19-14-8-3-9-15-19)24-22(23-20)18-12-6-2-7-13-18/h1-16H. The maximum absolute atomic E-state index is 4.79. The van der Waals surface area contributed by atoms with E-state index >= 15 is 0 Å². The molecule has 0 N–H and O–H groups in total. The highest BCUT2D eigenvalue weighted by Gasteiger charge is 2.09. The van der Waals surface area contributed by atoms with Gasteiger partial charge in [0.15, 0.2) is 5.82 Å². The van der Waals surface area contributed by atoms with Crippen LogP contribution in [0.1, 0.15) is 0 Å². The van der Waals surface area contributed by atoms with Gasteiger partial charge >= 0.3 is 0 Å². The summed E-state index contributed by atoms with van der Waals surface area (Å²) in [5.74, 6) is 0.750. The first-order chi connectivity index (χ1) is 12.4. The smallest absolute Gasteiger partial charge is 0.161 e. The summed E-state index contributed by atoms with van der Waals surface area (Å²) < 4.78 is 0. The van der Waals surface area contributed by atoms with Crippen LogP contribution in [0.4, 0.5) is 0 Å².